The molecule has 1 aromatic carbocycles. The van der Waals surface area contributed by atoms with Gasteiger partial charge in [-0.1, -0.05) is 0 Å². The van der Waals surface area contributed by atoms with Crippen LogP contribution >= 0.6 is 0 Å². The Morgan fingerprint density at radius 1 is 1.29 bits per heavy atom. The number of nitriles is 1. The van der Waals surface area contributed by atoms with Crippen molar-refractivity contribution in [3.05, 3.63) is 24.4 Å². The van der Waals surface area contributed by atoms with E-state index in [0.717, 1.165) is 16.6 Å². The highest BCUT2D eigenvalue weighted by atomic mass is 16.5. The fourth-order valence-corrected chi connectivity index (χ4v) is 2.33. The van der Waals surface area contributed by atoms with Crippen LogP contribution in [0.15, 0.2) is 24.4 Å². The monoisotopic (exact) mass is 285 g/mol. The van der Waals surface area contributed by atoms with Crippen molar-refractivity contribution >= 4 is 16.6 Å². The number of benzene rings is 1. The molecule has 0 bridgehead atoms. The Morgan fingerprint density at radius 3 is 2.57 bits per heavy atom. The van der Waals surface area contributed by atoms with Crippen molar-refractivity contribution in [1.29, 1.82) is 5.26 Å². The van der Waals surface area contributed by atoms with Crippen molar-refractivity contribution in [2.24, 2.45) is 5.92 Å². The molecule has 0 spiro atoms. The minimum atomic E-state index is -0.0628. The first-order chi connectivity index (χ1) is 10.1. The second kappa shape index (κ2) is 6.31. The van der Waals surface area contributed by atoms with Gasteiger partial charge in [0.2, 0.25) is 0 Å². The Bertz CT molecular complexity index is 679. The summed E-state index contributed by atoms with van der Waals surface area (Å²) in [6, 6.07) is 8.03. The number of aromatic nitrogens is 1. The Kier molecular flexibility index (Phi) is 4.49. The smallest absolute Gasteiger partial charge is 0.161 e. The lowest BCUT2D eigenvalue weighted by Gasteiger charge is -2.21. The number of pyridine rings is 1. The first kappa shape index (κ1) is 14.9. The van der Waals surface area contributed by atoms with Crippen molar-refractivity contribution in [3.8, 4) is 17.6 Å². The molecule has 5 heteroatoms. The van der Waals surface area contributed by atoms with Crippen LogP contribution in [0.3, 0.4) is 0 Å². The Hall–Kier alpha value is -2.48. The quantitative estimate of drug-likeness (QED) is 0.845. The summed E-state index contributed by atoms with van der Waals surface area (Å²) in [6.07, 6.45) is 1.76. The maximum atomic E-state index is 8.96. The van der Waals surface area contributed by atoms with Gasteiger partial charge in [0.1, 0.15) is 5.82 Å². The fourth-order valence-electron chi connectivity index (χ4n) is 2.33. The summed E-state index contributed by atoms with van der Waals surface area (Å²) >= 11 is 0. The van der Waals surface area contributed by atoms with Crippen LogP contribution in [0.4, 0.5) is 5.82 Å². The summed E-state index contributed by atoms with van der Waals surface area (Å²) in [5.41, 5.74) is 0. The number of fused-ring (bicyclic) bond motifs is 1. The molecule has 5 nitrogen and oxygen atoms in total. The molecule has 110 valence electrons. The van der Waals surface area contributed by atoms with Crippen molar-refractivity contribution in [2.45, 2.75) is 6.92 Å². The first-order valence-corrected chi connectivity index (χ1v) is 6.72. The second-order valence-electron chi connectivity index (χ2n) is 4.97. The van der Waals surface area contributed by atoms with Crippen LogP contribution in [0.1, 0.15) is 6.92 Å². The van der Waals surface area contributed by atoms with Gasteiger partial charge in [-0.05, 0) is 30.5 Å². The molecule has 0 amide bonds. The van der Waals surface area contributed by atoms with E-state index in [0.29, 0.717) is 18.0 Å². The van der Waals surface area contributed by atoms with Crippen LogP contribution in [0, 0.1) is 17.2 Å². The Balaban J connectivity index is 2.52. The van der Waals surface area contributed by atoms with Crippen molar-refractivity contribution in [3.63, 3.8) is 0 Å². The van der Waals surface area contributed by atoms with E-state index in [1.165, 1.54) is 0 Å². The second-order valence-corrected chi connectivity index (χ2v) is 4.97. The topological polar surface area (TPSA) is 58.4 Å². The minimum absolute atomic E-state index is 0.0628. The summed E-state index contributed by atoms with van der Waals surface area (Å²) in [7, 11) is 5.17. The third-order valence-corrected chi connectivity index (χ3v) is 3.38. The Labute approximate surface area is 124 Å². The van der Waals surface area contributed by atoms with Gasteiger partial charge in [0.05, 0.1) is 26.2 Å². The first-order valence-electron chi connectivity index (χ1n) is 6.72. The van der Waals surface area contributed by atoms with Gasteiger partial charge in [0, 0.05) is 25.2 Å². The highest BCUT2D eigenvalue weighted by molar-refractivity contribution is 5.94. The SMILES string of the molecule is COc1cc2ccnc(N(C)CC(C)C#N)c2cc1OC. The van der Waals surface area contributed by atoms with E-state index < -0.39 is 0 Å². The number of anilines is 1. The summed E-state index contributed by atoms with van der Waals surface area (Å²) in [6.45, 7) is 2.52. The van der Waals surface area contributed by atoms with E-state index in [1.807, 2.05) is 37.1 Å². The van der Waals surface area contributed by atoms with Crippen LogP contribution < -0.4 is 14.4 Å². The van der Waals surface area contributed by atoms with Crippen LogP contribution in [-0.2, 0) is 0 Å². The zero-order valence-electron chi connectivity index (χ0n) is 12.8. The molecule has 0 aliphatic carbocycles. The van der Waals surface area contributed by atoms with Gasteiger partial charge in [-0.3, -0.25) is 0 Å². The molecular formula is C16H19N3O2. The highest BCUT2D eigenvalue weighted by Crippen LogP contribution is 2.35. The molecule has 0 aliphatic rings. The lowest BCUT2D eigenvalue weighted by Crippen LogP contribution is -2.24. The highest BCUT2D eigenvalue weighted by Gasteiger charge is 2.14. The third-order valence-electron chi connectivity index (χ3n) is 3.38. The van der Waals surface area contributed by atoms with Gasteiger partial charge < -0.3 is 14.4 Å². The largest absolute Gasteiger partial charge is 0.493 e. The number of ether oxygens (including phenoxy) is 2. The van der Waals surface area contributed by atoms with E-state index in [1.54, 1.807) is 20.4 Å². The van der Waals surface area contributed by atoms with Crippen molar-refractivity contribution in [1.82, 2.24) is 4.98 Å². The van der Waals surface area contributed by atoms with Gasteiger partial charge in [-0.25, -0.2) is 4.98 Å². The molecule has 2 rings (SSSR count). The normalized spacial score (nSPS) is 11.8. The lowest BCUT2D eigenvalue weighted by atomic mass is 10.1. The molecule has 0 fully saturated rings. The molecular weight excluding hydrogens is 266 g/mol. The summed E-state index contributed by atoms with van der Waals surface area (Å²) in [5.74, 6) is 2.12. The predicted molar refractivity (Wildman–Crippen MR) is 82.9 cm³/mol. The molecule has 1 aromatic heterocycles. The van der Waals surface area contributed by atoms with E-state index in [-0.39, 0.29) is 5.92 Å². The number of methoxy groups -OCH3 is 2. The molecule has 0 radical (unpaired) electrons. The van der Waals surface area contributed by atoms with Crippen molar-refractivity contribution < 1.29 is 9.47 Å². The standard InChI is InChI=1S/C16H19N3O2/c1-11(9-17)10-19(2)16-13-8-15(21-4)14(20-3)7-12(13)5-6-18-16/h5-8,11H,10H2,1-4H3. The number of rotatable bonds is 5. The maximum Gasteiger partial charge on any atom is 0.161 e. The molecule has 0 saturated carbocycles. The predicted octanol–water partition coefficient (Wildman–Crippen LogP) is 2.85. The average Bonchev–Trinajstić information content (AvgIpc) is 2.52. The summed E-state index contributed by atoms with van der Waals surface area (Å²) < 4.78 is 10.7. The Morgan fingerprint density at radius 2 is 1.95 bits per heavy atom. The molecule has 2 aromatic rings. The van der Waals surface area contributed by atoms with Gasteiger partial charge >= 0.3 is 0 Å². The number of nitrogens with zero attached hydrogens (tertiary/aromatic N) is 3. The summed E-state index contributed by atoms with van der Waals surface area (Å²) in [4.78, 5) is 6.43. The van der Waals surface area contributed by atoms with Crippen molar-refractivity contribution in [2.75, 3.05) is 32.7 Å². The number of hydrogen-bond acceptors (Lipinski definition) is 5. The molecule has 0 N–H and O–H groups in total. The summed E-state index contributed by atoms with van der Waals surface area (Å²) in [5, 5.41) is 11.0. The van der Waals surface area contributed by atoms with Crippen LogP contribution in [0.2, 0.25) is 0 Å². The molecule has 0 saturated heterocycles. The van der Waals surface area contributed by atoms with Crippen LogP contribution in [0.25, 0.3) is 10.8 Å². The van der Waals surface area contributed by atoms with E-state index in [9.17, 15) is 0 Å². The zero-order chi connectivity index (χ0) is 15.4. The molecule has 0 aliphatic heterocycles. The lowest BCUT2D eigenvalue weighted by molar-refractivity contribution is 0.356. The molecule has 1 atom stereocenters. The zero-order valence-corrected chi connectivity index (χ0v) is 12.8. The van der Waals surface area contributed by atoms with Crippen LogP contribution in [0.5, 0.6) is 11.5 Å². The van der Waals surface area contributed by atoms with Gasteiger partial charge in [0.25, 0.3) is 0 Å². The van der Waals surface area contributed by atoms with Gasteiger partial charge in [0.15, 0.2) is 11.5 Å². The molecule has 1 heterocycles. The van der Waals surface area contributed by atoms with E-state index in [4.69, 9.17) is 14.7 Å². The van der Waals surface area contributed by atoms with E-state index >= 15 is 0 Å². The number of hydrogen-bond donors (Lipinski definition) is 0. The van der Waals surface area contributed by atoms with Gasteiger partial charge in [-0.2, -0.15) is 5.26 Å². The third kappa shape index (κ3) is 3.00. The molecule has 21 heavy (non-hydrogen) atoms. The average molecular weight is 285 g/mol. The molecule has 1 unspecified atom stereocenters. The fraction of sp³-hybridized carbons (Fsp3) is 0.375. The van der Waals surface area contributed by atoms with Crippen LogP contribution in [-0.4, -0.2) is 32.8 Å². The van der Waals surface area contributed by atoms with Gasteiger partial charge in [-0.15, -0.1) is 0 Å². The minimum Gasteiger partial charge on any atom is -0.493 e. The van der Waals surface area contributed by atoms with E-state index in [2.05, 4.69) is 11.1 Å². The maximum absolute atomic E-state index is 8.96.